The molecule has 3 aliphatic rings. The predicted molar refractivity (Wildman–Crippen MR) is 146 cm³/mol. The molecule has 0 bridgehead atoms. The molecule has 0 atom stereocenters. The molecule has 0 aromatic heterocycles. The van der Waals surface area contributed by atoms with Gasteiger partial charge in [0.25, 0.3) is 0 Å². The summed E-state index contributed by atoms with van der Waals surface area (Å²) in [5.74, 6) is -0.879. The molecule has 4 amide bonds. The molecule has 210 valence electrons. The predicted octanol–water partition coefficient (Wildman–Crippen LogP) is 2.69. The Bertz CT molecular complexity index is 1020. The standard InChI is InChI=1S/C29H45N5O4/c1-26(2,24(36)31-18-23(30)35)19-33-20-27(34(25(33)37)21-28(38-5)12-9-13-28)14-16-29(17-15-27,32(3)4)22-10-7-6-8-11-22/h6-8,10-11H,9,12-21H2,1-5H3,(H2,30,35)(H,31,36)/t27-,29+. The van der Waals surface area contributed by atoms with Crippen LogP contribution >= 0.6 is 0 Å². The molecule has 1 saturated heterocycles. The number of rotatable bonds is 10. The van der Waals surface area contributed by atoms with E-state index < -0.39 is 11.3 Å². The van der Waals surface area contributed by atoms with E-state index in [1.54, 1.807) is 7.11 Å². The molecule has 1 heterocycles. The van der Waals surface area contributed by atoms with Gasteiger partial charge in [-0.2, -0.15) is 0 Å². The topological polar surface area (TPSA) is 108 Å². The fraction of sp³-hybridized carbons (Fsp3) is 0.690. The molecule has 38 heavy (non-hydrogen) atoms. The summed E-state index contributed by atoms with van der Waals surface area (Å²) >= 11 is 0. The van der Waals surface area contributed by atoms with E-state index in [0.29, 0.717) is 13.1 Å². The highest BCUT2D eigenvalue weighted by molar-refractivity contribution is 5.87. The number of nitrogens with zero attached hydrogens (tertiary/aromatic N) is 3. The van der Waals surface area contributed by atoms with E-state index in [9.17, 15) is 14.4 Å². The maximum Gasteiger partial charge on any atom is 0.320 e. The molecule has 3 N–H and O–H groups in total. The van der Waals surface area contributed by atoms with Crippen LogP contribution in [-0.2, 0) is 19.9 Å². The van der Waals surface area contributed by atoms with Crippen LogP contribution in [0.3, 0.4) is 0 Å². The molecule has 0 radical (unpaired) electrons. The zero-order chi connectivity index (χ0) is 27.8. The zero-order valence-corrected chi connectivity index (χ0v) is 23.7. The van der Waals surface area contributed by atoms with Crippen molar-refractivity contribution in [3.05, 3.63) is 35.9 Å². The van der Waals surface area contributed by atoms with Crippen molar-refractivity contribution in [1.82, 2.24) is 20.0 Å². The van der Waals surface area contributed by atoms with Gasteiger partial charge in [0, 0.05) is 25.7 Å². The number of hydrogen-bond donors (Lipinski definition) is 2. The highest BCUT2D eigenvalue weighted by Gasteiger charge is 2.57. The smallest absolute Gasteiger partial charge is 0.320 e. The molecular formula is C29H45N5O4. The summed E-state index contributed by atoms with van der Waals surface area (Å²) < 4.78 is 5.97. The summed E-state index contributed by atoms with van der Waals surface area (Å²) in [5.41, 5.74) is 4.97. The fourth-order valence-electron chi connectivity index (χ4n) is 6.78. The number of nitrogens with one attached hydrogen (secondary N) is 1. The van der Waals surface area contributed by atoms with Crippen LogP contribution in [0.15, 0.2) is 30.3 Å². The zero-order valence-electron chi connectivity index (χ0n) is 23.7. The van der Waals surface area contributed by atoms with Crippen molar-refractivity contribution in [2.45, 2.75) is 75.5 Å². The van der Waals surface area contributed by atoms with Crippen LogP contribution in [0, 0.1) is 5.41 Å². The quantitative estimate of drug-likeness (QED) is 0.486. The maximum atomic E-state index is 14.0. The average molecular weight is 528 g/mol. The Balaban J connectivity index is 1.59. The number of hydrogen-bond acceptors (Lipinski definition) is 5. The van der Waals surface area contributed by atoms with Gasteiger partial charge >= 0.3 is 6.03 Å². The second-order valence-electron chi connectivity index (χ2n) is 12.5. The molecule has 2 aliphatic carbocycles. The normalized spacial score (nSPS) is 27.1. The first-order chi connectivity index (χ1) is 17.9. The number of ether oxygens (including phenoxy) is 1. The lowest BCUT2D eigenvalue weighted by Crippen LogP contribution is -2.60. The molecule has 2 saturated carbocycles. The van der Waals surface area contributed by atoms with Crippen LogP contribution < -0.4 is 11.1 Å². The Hall–Kier alpha value is -2.65. The second kappa shape index (κ2) is 10.5. The molecule has 4 rings (SSSR count). The summed E-state index contributed by atoms with van der Waals surface area (Å²) in [4.78, 5) is 44.3. The first-order valence-electron chi connectivity index (χ1n) is 13.8. The number of carbonyl (C=O) groups is 3. The van der Waals surface area contributed by atoms with Gasteiger partial charge in [0.05, 0.1) is 29.6 Å². The molecule has 1 aromatic rings. The van der Waals surface area contributed by atoms with Crippen LogP contribution in [-0.4, -0.2) is 91.1 Å². The molecule has 9 nitrogen and oxygen atoms in total. The Morgan fingerprint density at radius 3 is 2.21 bits per heavy atom. The lowest BCUT2D eigenvalue weighted by Gasteiger charge is -2.53. The third kappa shape index (κ3) is 5.15. The molecule has 1 aromatic carbocycles. The number of nitrogens with two attached hydrogens (primary N) is 1. The Labute approximate surface area is 227 Å². The van der Waals surface area contributed by atoms with Crippen molar-refractivity contribution in [1.29, 1.82) is 0 Å². The number of urea groups is 1. The molecule has 1 spiro atoms. The number of benzene rings is 1. The fourth-order valence-corrected chi connectivity index (χ4v) is 6.78. The van der Waals surface area contributed by atoms with Crippen molar-refractivity contribution in [3.63, 3.8) is 0 Å². The van der Waals surface area contributed by atoms with Gasteiger partial charge in [0.15, 0.2) is 0 Å². The maximum absolute atomic E-state index is 14.0. The van der Waals surface area contributed by atoms with Crippen molar-refractivity contribution in [2.24, 2.45) is 11.1 Å². The largest absolute Gasteiger partial charge is 0.376 e. The first-order valence-corrected chi connectivity index (χ1v) is 13.8. The van der Waals surface area contributed by atoms with Gasteiger partial charge < -0.3 is 25.6 Å². The van der Waals surface area contributed by atoms with Gasteiger partial charge in [0.2, 0.25) is 11.8 Å². The van der Waals surface area contributed by atoms with Crippen LogP contribution in [0.25, 0.3) is 0 Å². The lowest BCUT2D eigenvalue weighted by molar-refractivity contribution is -0.131. The van der Waals surface area contributed by atoms with E-state index in [-0.39, 0.29) is 41.7 Å². The molecule has 1 aliphatic heterocycles. The third-order valence-electron chi connectivity index (χ3n) is 9.50. The molecule has 3 fully saturated rings. The molecule has 0 unspecified atom stereocenters. The van der Waals surface area contributed by atoms with Gasteiger partial charge in [0.1, 0.15) is 0 Å². The first kappa shape index (κ1) is 28.4. The van der Waals surface area contributed by atoms with E-state index in [1.165, 1.54) is 5.56 Å². The molecule has 9 heteroatoms. The minimum Gasteiger partial charge on any atom is -0.376 e. The van der Waals surface area contributed by atoms with Crippen molar-refractivity contribution >= 4 is 17.8 Å². The number of amides is 4. The molecular weight excluding hydrogens is 482 g/mol. The van der Waals surface area contributed by atoms with Crippen LogP contribution in [0.2, 0.25) is 0 Å². The van der Waals surface area contributed by atoms with Crippen molar-refractivity contribution in [2.75, 3.05) is 47.4 Å². The average Bonchev–Trinajstić information content (AvgIpc) is 3.10. The second-order valence-corrected chi connectivity index (χ2v) is 12.5. The monoisotopic (exact) mass is 527 g/mol. The SMILES string of the molecule is COC1(CN2C(=O)N(CC(C)(C)C(=O)NCC(N)=O)C[C@]23CC[C@](c2ccccc2)(N(C)C)CC3)CCC1. The highest BCUT2D eigenvalue weighted by atomic mass is 16.5. The van der Waals surface area contributed by atoms with E-state index in [2.05, 4.69) is 59.5 Å². The number of carbonyl (C=O) groups excluding carboxylic acids is 3. The van der Waals surface area contributed by atoms with Gasteiger partial charge in [-0.05, 0) is 78.5 Å². The van der Waals surface area contributed by atoms with Crippen LogP contribution in [0.4, 0.5) is 4.79 Å². The summed E-state index contributed by atoms with van der Waals surface area (Å²) in [6.45, 7) is 4.83. The number of methoxy groups -OCH3 is 1. The summed E-state index contributed by atoms with van der Waals surface area (Å²) in [6, 6.07) is 10.6. The minimum atomic E-state index is -0.871. The van der Waals surface area contributed by atoms with E-state index >= 15 is 0 Å². The third-order valence-corrected chi connectivity index (χ3v) is 9.50. The Morgan fingerprint density at radius 1 is 1.08 bits per heavy atom. The van der Waals surface area contributed by atoms with Gasteiger partial charge in [-0.15, -0.1) is 0 Å². The van der Waals surface area contributed by atoms with Gasteiger partial charge in [-0.25, -0.2) is 4.79 Å². The van der Waals surface area contributed by atoms with Crippen LogP contribution in [0.1, 0.15) is 64.4 Å². The minimum absolute atomic E-state index is 0.0267. The van der Waals surface area contributed by atoms with E-state index in [1.807, 2.05) is 18.7 Å². The summed E-state index contributed by atoms with van der Waals surface area (Å²) in [6.07, 6.45) is 6.63. The summed E-state index contributed by atoms with van der Waals surface area (Å²) in [5, 5.41) is 2.61. The van der Waals surface area contributed by atoms with Crippen molar-refractivity contribution < 1.29 is 19.1 Å². The van der Waals surface area contributed by atoms with Crippen LogP contribution in [0.5, 0.6) is 0 Å². The lowest BCUT2D eigenvalue weighted by atomic mass is 9.67. The Morgan fingerprint density at radius 2 is 1.71 bits per heavy atom. The van der Waals surface area contributed by atoms with Gasteiger partial charge in [-0.3, -0.25) is 14.5 Å². The van der Waals surface area contributed by atoms with Crippen molar-refractivity contribution in [3.8, 4) is 0 Å². The Kier molecular flexibility index (Phi) is 7.83. The van der Waals surface area contributed by atoms with E-state index in [4.69, 9.17) is 10.5 Å². The highest BCUT2D eigenvalue weighted by Crippen LogP contribution is 2.50. The van der Waals surface area contributed by atoms with Gasteiger partial charge in [-0.1, -0.05) is 30.3 Å². The number of primary amides is 1. The summed E-state index contributed by atoms with van der Waals surface area (Å²) in [7, 11) is 6.05. The van der Waals surface area contributed by atoms with E-state index in [0.717, 1.165) is 44.9 Å².